The van der Waals surface area contributed by atoms with Gasteiger partial charge in [0.1, 0.15) is 6.10 Å². The summed E-state index contributed by atoms with van der Waals surface area (Å²) < 4.78 is 6.11. The molecule has 0 radical (unpaired) electrons. The molecular formula is C22H25N3O. The highest BCUT2D eigenvalue weighted by Crippen LogP contribution is 2.27. The maximum absolute atomic E-state index is 8.89. The van der Waals surface area contributed by atoms with Gasteiger partial charge in [-0.1, -0.05) is 25.0 Å². The standard InChI is InChI=1S/C22H25N3O/c23-15-17-5-7-18(8-6-17)19-9-10-22(24-16-19)26-21-11-13-25(14-12-21)20-3-1-2-4-20/h5-10,16,20-21H,1-4,11-14H2. The summed E-state index contributed by atoms with van der Waals surface area (Å²) >= 11 is 0. The first-order valence-electron chi connectivity index (χ1n) is 9.69. The van der Waals surface area contributed by atoms with E-state index in [1.165, 1.54) is 25.7 Å². The molecule has 26 heavy (non-hydrogen) atoms. The van der Waals surface area contributed by atoms with Gasteiger partial charge in [-0.05, 0) is 49.4 Å². The molecule has 1 saturated heterocycles. The second kappa shape index (κ2) is 7.88. The van der Waals surface area contributed by atoms with Gasteiger partial charge in [-0.15, -0.1) is 0 Å². The molecular weight excluding hydrogens is 322 g/mol. The fourth-order valence-electron chi connectivity index (χ4n) is 4.16. The quantitative estimate of drug-likeness (QED) is 0.822. The second-order valence-electron chi connectivity index (χ2n) is 7.37. The van der Waals surface area contributed by atoms with Crippen LogP contribution in [0.15, 0.2) is 42.6 Å². The fraction of sp³-hybridized carbons (Fsp3) is 0.455. The van der Waals surface area contributed by atoms with E-state index in [-0.39, 0.29) is 6.10 Å². The minimum Gasteiger partial charge on any atom is -0.474 e. The predicted molar refractivity (Wildman–Crippen MR) is 102 cm³/mol. The zero-order chi connectivity index (χ0) is 17.8. The lowest BCUT2D eigenvalue weighted by Gasteiger charge is -2.35. The highest BCUT2D eigenvalue weighted by Gasteiger charge is 2.27. The molecule has 4 rings (SSSR count). The Hall–Kier alpha value is -2.38. The van der Waals surface area contributed by atoms with Crippen LogP contribution in [0.2, 0.25) is 0 Å². The van der Waals surface area contributed by atoms with Crippen LogP contribution >= 0.6 is 0 Å². The van der Waals surface area contributed by atoms with Crippen molar-refractivity contribution in [2.45, 2.75) is 50.7 Å². The number of rotatable bonds is 4. The van der Waals surface area contributed by atoms with Gasteiger partial charge in [0.15, 0.2) is 0 Å². The predicted octanol–water partition coefficient (Wildman–Crippen LogP) is 4.41. The number of likely N-dealkylation sites (tertiary alicyclic amines) is 1. The average molecular weight is 347 g/mol. The van der Waals surface area contributed by atoms with Crippen LogP contribution in [0.4, 0.5) is 0 Å². The Bertz CT molecular complexity index is 749. The normalized spacial score (nSPS) is 19.3. The Morgan fingerprint density at radius 1 is 0.923 bits per heavy atom. The third-order valence-corrected chi connectivity index (χ3v) is 5.69. The summed E-state index contributed by atoms with van der Waals surface area (Å²) in [7, 11) is 0. The summed E-state index contributed by atoms with van der Waals surface area (Å²) in [4.78, 5) is 7.15. The molecule has 2 aliphatic rings. The van der Waals surface area contributed by atoms with E-state index < -0.39 is 0 Å². The van der Waals surface area contributed by atoms with Crippen LogP contribution < -0.4 is 4.74 Å². The number of aromatic nitrogens is 1. The second-order valence-corrected chi connectivity index (χ2v) is 7.37. The van der Waals surface area contributed by atoms with Crippen molar-refractivity contribution in [1.82, 2.24) is 9.88 Å². The van der Waals surface area contributed by atoms with E-state index in [1.54, 1.807) is 0 Å². The first kappa shape index (κ1) is 17.1. The van der Waals surface area contributed by atoms with E-state index in [9.17, 15) is 0 Å². The minimum atomic E-state index is 0.279. The molecule has 1 aliphatic heterocycles. The van der Waals surface area contributed by atoms with Crippen molar-refractivity contribution < 1.29 is 4.74 Å². The smallest absolute Gasteiger partial charge is 0.213 e. The van der Waals surface area contributed by atoms with Crippen LogP contribution in [0, 0.1) is 11.3 Å². The third-order valence-electron chi connectivity index (χ3n) is 5.69. The number of nitrogens with zero attached hydrogens (tertiary/aromatic N) is 3. The van der Waals surface area contributed by atoms with Crippen LogP contribution in [0.5, 0.6) is 5.88 Å². The topological polar surface area (TPSA) is 49.1 Å². The van der Waals surface area contributed by atoms with E-state index in [0.717, 1.165) is 43.1 Å². The van der Waals surface area contributed by atoms with Crippen LogP contribution in [-0.2, 0) is 0 Å². The van der Waals surface area contributed by atoms with Crippen molar-refractivity contribution in [3.05, 3.63) is 48.2 Å². The van der Waals surface area contributed by atoms with Crippen molar-refractivity contribution in [1.29, 1.82) is 5.26 Å². The van der Waals surface area contributed by atoms with Gasteiger partial charge in [0, 0.05) is 37.0 Å². The van der Waals surface area contributed by atoms with E-state index in [1.807, 2.05) is 42.6 Å². The number of nitriles is 1. The molecule has 0 atom stereocenters. The van der Waals surface area contributed by atoms with Gasteiger partial charge < -0.3 is 9.64 Å². The summed E-state index contributed by atoms with van der Waals surface area (Å²) in [5, 5.41) is 8.89. The third kappa shape index (κ3) is 3.89. The molecule has 2 fully saturated rings. The van der Waals surface area contributed by atoms with Gasteiger partial charge >= 0.3 is 0 Å². The number of benzene rings is 1. The molecule has 0 spiro atoms. The molecule has 0 unspecified atom stereocenters. The lowest BCUT2D eigenvalue weighted by Crippen LogP contribution is -2.43. The molecule has 1 aromatic carbocycles. The highest BCUT2D eigenvalue weighted by atomic mass is 16.5. The monoisotopic (exact) mass is 347 g/mol. The summed E-state index contributed by atoms with van der Waals surface area (Å²) in [6.45, 7) is 2.30. The molecule has 4 heteroatoms. The number of piperidine rings is 1. The molecule has 0 amide bonds. The summed E-state index contributed by atoms with van der Waals surface area (Å²) in [5.74, 6) is 0.710. The Balaban J connectivity index is 1.32. The van der Waals surface area contributed by atoms with Crippen molar-refractivity contribution in [2.24, 2.45) is 0 Å². The molecule has 1 aromatic heterocycles. The van der Waals surface area contributed by atoms with Crippen LogP contribution in [-0.4, -0.2) is 35.1 Å². The van der Waals surface area contributed by atoms with Crippen molar-refractivity contribution in [3.63, 3.8) is 0 Å². The zero-order valence-electron chi connectivity index (χ0n) is 15.1. The van der Waals surface area contributed by atoms with Gasteiger partial charge in [0.2, 0.25) is 5.88 Å². The molecule has 1 aliphatic carbocycles. The number of hydrogen-bond donors (Lipinski definition) is 0. The number of ether oxygens (including phenoxy) is 1. The van der Waals surface area contributed by atoms with Gasteiger partial charge in [-0.3, -0.25) is 0 Å². The maximum Gasteiger partial charge on any atom is 0.213 e. The highest BCUT2D eigenvalue weighted by molar-refractivity contribution is 5.63. The lowest BCUT2D eigenvalue weighted by molar-refractivity contribution is 0.0741. The van der Waals surface area contributed by atoms with Crippen molar-refractivity contribution >= 4 is 0 Å². The molecule has 1 saturated carbocycles. The fourth-order valence-corrected chi connectivity index (χ4v) is 4.16. The van der Waals surface area contributed by atoms with E-state index in [2.05, 4.69) is 16.0 Å². The Morgan fingerprint density at radius 2 is 1.62 bits per heavy atom. The molecule has 4 nitrogen and oxygen atoms in total. The molecule has 2 heterocycles. The minimum absolute atomic E-state index is 0.279. The zero-order valence-corrected chi connectivity index (χ0v) is 15.1. The molecule has 134 valence electrons. The van der Waals surface area contributed by atoms with Gasteiger partial charge in [-0.25, -0.2) is 4.98 Å². The number of pyridine rings is 1. The lowest BCUT2D eigenvalue weighted by atomic mass is 10.0. The molecule has 2 aromatic rings. The van der Waals surface area contributed by atoms with E-state index >= 15 is 0 Å². The summed E-state index contributed by atoms with van der Waals surface area (Å²) in [6, 6.07) is 14.5. The van der Waals surface area contributed by atoms with Gasteiger partial charge in [-0.2, -0.15) is 5.26 Å². The maximum atomic E-state index is 8.89. The van der Waals surface area contributed by atoms with Crippen molar-refractivity contribution in [2.75, 3.05) is 13.1 Å². The Kier molecular flexibility index (Phi) is 5.17. The van der Waals surface area contributed by atoms with Crippen LogP contribution in [0.1, 0.15) is 44.1 Å². The van der Waals surface area contributed by atoms with Crippen LogP contribution in [0.3, 0.4) is 0 Å². The van der Waals surface area contributed by atoms with E-state index in [4.69, 9.17) is 10.00 Å². The Labute approximate surface area is 155 Å². The summed E-state index contributed by atoms with van der Waals surface area (Å²) in [6.07, 6.45) is 9.87. The molecule has 0 N–H and O–H groups in total. The van der Waals surface area contributed by atoms with E-state index in [0.29, 0.717) is 11.4 Å². The number of hydrogen-bond acceptors (Lipinski definition) is 4. The summed E-state index contributed by atoms with van der Waals surface area (Å²) in [5.41, 5.74) is 2.77. The average Bonchev–Trinajstić information content (AvgIpc) is 3.24. The van der Waals surface area contributed by atoms with Crippen molar-refractivity contribution in [3.8, 4) is 23.1 Å². The van der Waals surface area contributed by atoms with Crippen LogP contribution in [0.25, 0.3) is 11.1 Å². The first-order valence-corrected chi connectivity index (χ1v) is 9.69. The Morgan fingerprint density at radius 3 is 2.23 bits per heavy atom. The van der Waals surface area contributed by atoms with Gasteiger partial charge in [0.25, 0.3) is 0 Å². The SMILES string of the molecule is N#Cc1ccc(-c2ccc(OC3CCN(C4CCCC4)CC3)nc2)cc1. The first-order chi connectivity index (χ1) is 12.8. The molecule has 0 bridgehead atoms. The van der Waals surface area contributed by atoms with Gasteiger partial charge in [0.05, 0.1) is 11.6 Å². The largest absolute Gasteiger partial charge is 0.474 e.